The van der Waals surface area contributed by atoms with Crippen LogP contribution in [0, 0.1) is 5.41 Å². The van der Waals surface area contributed by atoms with Crippen molar-refractivity contribution in [2.24, 2.45) is 17.2 Å². The van der Waals surface area contributed by atoms with E-state index in [-0.39, 0.29) is 5.96 Å². The standard InChI is InChI=1S/C25H30N6O2/c26-20(13-7-15-30-25(28)29)23(32)31(22-14-6-11-18-10-4-5-12-19(18)22)24(33)21(27)16-17-8-2-1-3-9-17/h1-6,8-12,14,20-21H,7,13,15-16,26-27H2,(H4,28,29,30). The number of rotatable bonds is 9. The van der Waals surface area contributed by atoms with Crippen molar-refractivity contribution in [2.75, 3.05) is 11.4 Å². The van der Waals surface area contributed by atoms with Crippen molar-refractivity contribution in [3.05, 3.63) is 78.4 Å². The molecule has 8 nitrogen and oxygen atoms in total. The number of imide groups is 1. The lowest BCUT2D eigenvalue weighted by Gasteiger charge is -2.28. The molecule has 8 N–H and O–H groups in total. The van der Waals surface area contributed by atoms with Gasteiger partial charge in [0.2, 0.25) is 0 Å². The van der Waals surface area contributed by atoms with Crippen LogP contribution >= 0.6 is 0 Å². The van der Waals surface area contributed by atoms with Gasteiger partial charge in [-0.1, -0.05) is 66.7 Å². The second kappa shape index (κ2) is 11.2. The van der Waals surface area contributed by atoms with Crippen LogP contribution in [0.2, 0.25) is 0 Å². The Morgan fingerprint density at radius 1 is 0.879 bits per heavy atom. The SMILES string of the molecule is N=C(N)NCCCC(N)C(=O)N(C(=O)C(N)Cc1ccccc1)c1cccc2ccccc12. The molecule has 0 saturated heterocycles. The van der Waals surface area contributed by atoms with Crippen LogP contribution in [-0.4, -0.2) is 36.4 Å². The number of carbonyl (C=O) groups is 2. The molecule has 3 rings (SSSR count). The van der Waals surface area contributed by atoms with Crippen LogP contribution in [-0.2, 0) is 16.0 Å². The Balaban J connectivity index is 1.89. The van der Waals surface area contributed by atoms with Crippen molar-refractivity contribution in [1.29, 1.82) is 5.41 Å². The number of guanidine groups is 1. The van der Waals surface area contributed by atoms with Gasteiger partial charge in [-0.05, 0) is 36.3 Å². The van der Waals surface area contributed by atoms with Crippen LogP contribution in [0.15, 0.2) is 72.8 Å². The third-order valence-electron chi connectivity index (χ3n) is 5.39. The van der Waals surface area contributed by atoms with Gasteiger partial charge in [-0.2, -0.15) is 0 Å². The Morgan fingerprint density at radius 3 is 2.24 bits per heavy atom. The van der Waals surface area contributed by atoms with Gasteiger partial charge in [0.1, 0.15) is 0 Å². The molecule has 0 heterocycles. The number of fused-ring (bicyclic) bond motifs is 1. The maximum atomic E-state index is 13.5. The molecule has 2 amide bonds. The number of amides is 2. The summed E-state index contributed by atoms with van der Waals surface area (Å²) < 4.78 is 0. The molecule has 3 aromatic rings. The highest BCUT2D eigenvalue weighted by atomic mass is 16.2. The minimum absolute atomic E-state index is 0.144. The number of nitrogens with one attached hydrogen (secondary N) is 2. The van der Waals surface area contributed by atoms with Gasteiger partial charge in [0.05, 0.1) is 17.8 Å². The van der Waals surface area contributed by atoms with Crippen LogP contribution in [0.5, 0.6) is 0 Å². The van der Waals surface area contributed by atoms with Gasteiger partial charge in [-0.25, -0.2) is 4.90 Å². The van der Waals surface area contributed by atoms with Crippen LogP contribution < -0.4 is 27.4 Å². The van der Waals surface area contributed by atoms with Gasteiger partial charge in [0.15, 0.2) is 5.96 Å². The Hall–Kier alpha value is -3.75. The van der Waals surface area contributed by atoms with E-state index in [1.165, 1.54) is 0 Å². The van der Waals surface area contributed by atoms with E-state index in [0.29, 0.717) is 31.5 Å². The van der Waals surface area contributed by atoms with Crippen molar-refractivity contribution in [2.45, 2.75) is 31.3 Å². The summed E-state index contributed by atoms with van der Waals surface area (Å²) in [6.07, 6.45) is 1.13. The average Bonchev–Trinajstić information content (AvgIpc) is 2.82. The number of benzene rings is 3. The summed E-state index contributed by atoms with van der Waals surface area (Å²) in [4.78, 5) is 28.1. The molecule has 0 fully saturated rings. The molecule has 0 aliphatic carbocycles. The van der Waals surface area contributed by atoms with Crippen LogP contribution in [0.1, 0.15) is 18.4 Å². The molecule has 0 aliphatic heterocycles. The molecule has 2 atom stereocenters. The second-order valence-corrected chi connectivity index (χ2v) is 7.90. The molecule has 33 heavy (non-hydrogen) atoms. The summed E-state index contributed by atoms with van der Waals surface area (Å²) in [5.41, 5.74) is 19.2. The molecule has 0 saturated carbocycles. The third kappa shape index (κ3) is 6.15. The fraction of sp³-hybridized carbons (Fsp3) is 0.240. The fourth-order valence-electron chi connectivity index (χ4n) is 3.70. The Kier molecular flexibility index (Phi) is 8.12. The zero-order valence-electron chi connectivity index (χ0n) is 18.4. The van der Waals surface area contributed by atoms with E-state index >= 15 is 0 Å². The molecule has 0 radical (unpaired) electrons. The maximum Gasteiger partial charge on any atom is 0.251 e. The van der Waals surface area contributed by atoms with E-state index in [2.05, 4.69) is 5.32 Å². The predicted octanol–water partition coefficient (Wildman–Crippen LogP) is 1.86. The zero-order chi connectivity index (χ0) is 23.8. The minimum Gasteiger partial charge on any atom is -0.370 e. The first-order chi connectivity index (χ1) is 15.9. The number of hydrogen-bond acceptors (Lipinski definition) is 5. The summed E-state index contributed by atoms with van der Waals surface area (Å²) in [6.45, 7) is 0.409. The highest BCUT2D eigenvalue weighted by molar-refractivity contribution is 6.21. The Bertz CT molecular complexity index is 1110. The van der Waals surface area contributed by atoms with Gasteiger partial charge in [-0.3, -0.25) is 15.0 Å². The zero-order valence-corrected chi connectivity index (χ0v) is 18.4. The average molecular weight is 447 g/mol. The summed E-state index contributed by atoms with van der Waals surface area (Å²) in [7, 11) is 0. The van der Waals surface area contributed by atoms with Gasteiger partial charge in [0.25, 0.3) is 11.8 Å². The second-order valence-electron chi connectivity index (χ2n) is 7.90. The van der Waals surface area contributed by atoms with E-state index < -0.39 is 23.9 Å². The van der Waals surface area contributed by atoms with E-state index in [1.807, 2.05) is 60.7 Å². The lowest BCUT2D eigenvalue weighted by Crippen LogP contribution is -2.53. The molecule has 8 heteroatoms. The van der Waals surface area contributed by atoms with Gasteiger partial charge in [0, 0.05) is 11.9 Å². The Morgan fingerprint density at radius 2 is 1.52 bits per heavy atom. The minimum atomic E-state index is -0.915. The normalized spacial score (nSPS) is 12.7. The first kappa shape index (κ1) is 23.9. The Labute approximate surface area is 193 Å². The highest BCUT2D eigenvalue weighted by Gasteiger charge is 2.32. The van der Waals surface area contributed by atoms with Crippen LogP contribution in [0.4, 0.5) is 5.69 Å². The molecule has 0 aromatic heterocycles. The van der Waals surface area contributed by atoms with Gasteiger partial charge in [-0.15, -0.1) is 0 Å². The quantitative estimate of drug-likeness (QED) is 0.192. The number of carbonyl (C=O) groups excluding carboxylic acids is 2. The fourth-order valence-corrected chi connectivity index (χ4v) is 3.70. The van der Waals surface area contributed by atoms with E-state index in [1.54, 1.807) is 12.1 Å². The van der Waals surface area contributed by atoms with Crippen LogP contribution in [0.25, 0.3) is 10.8 Å². The van der Waals surface area contributed by atoms with Crippen molar-refractivity contribution in [3.8, 4) is 0 Å². The van der Waals surface area contributed by atoms with Crippen molar-refractivity contribution >= 4 is 34.2 Å². The predicted molar refractivity (Wildman–Crippen MR) is 132 cm³/mol. The monoisotopic (exact) mass is 446 g/mol. The summed E-state index contributed by atoms with van der Waals surface area (Å²) in [5.74, 6) is -1.16. The largest absolute Gasteiger partial charge is 0.370 e. The van der Waals surface area contributed by atoms with Gasteiger partial charge >= 0.3 is 0 Å². The molecule has 3 aromatic carbocycles. The van der Waals surface area contributed by atoms with E-state index in [0.717, 1.165) is 21.2 Å². The molecule has 2 unspecified atom stereocenters. The molecular weight excluding hydrogens is 416 g/mol. The van der Waals surface area contributed by atoms with E-state index in [9.17, 15) is 9.59 Å². The van der Waals surface area contributed by atoms with Crippen molar-refractivity contribution in [1.82, 2.24) is 5.32 Å². The van der Waals surface area contributed by atoms with Crippen LogP contribution in [0.3, 0.4) is 0 Å². The number of nitrogens with zero attached hydrogens (tertiary/aromatic N) is 1. The number of nitrogens with two attached hydrogens (primary N) is 3. The van der Waals surface area contributed by atoms with E-state index in [4.69, 9.17) is 22.6 Å². The first-order valence-corrected chi connectivity index (χ1v) is 10.9. The lowest BCUT2D eigenvalue weighted by molar-refractivity contribution is -0.128. The molecular formula is C25H30N6O2. The maximum absolute atomic E-state index is 13.5. The van der Waals surface area contributed by atoms with Crippen molar-refractivity contribution in [3.63, 3.8) is 0 Å². The molecule has 0 spiro atoms. The topological polar surface area (TPSA) is 151 Å². The first-order valence-electron chi connectivity index (χ1n) is 10.9. The molecule has 0 aliphatic rings. The molecule has 0 bridgehead atoms. The number of anilines is 1. The third-order valence-corrected chi connectivity index (χ3v) is 5.39. The molecule has 172 valence electrons. The summed E-state index contributed by atoms with van der Waals surface area (Å²) >= 11 is 0. The van der Waals surface area contributed by atoms with Crippen molar-refractivity contribution < 1.29 is 9.59 Å². The lowest BCUT2D eigenvalue weighted by atomic mass is 10.0. The summed E-state index contributed by atoms with van der Waals surface area (Å²) in [5, 5.41) is 11.6. The van der Waals surface area contributed by atoms with Gasteiger partial charge < -0.3 is 22.5 Å². The number of hydrogen-bond donors (Lipinski definition) is 5. The smallest absolute Gasteiger partial charge is 0.251 e. The summed E-state index contributed by atoms with van der Waals surface area (Å²) in [6, 6.07) is 20.6. The highest BCUT2D eigenvalue weighted by Crippen LogP contribution is 2.28.